The zero-order valence-corrected chi connectivity index (χ0v) is 21.7. The molecule has 1 aliphatic rings. The summed E-state index contributed by atoms with van der Waals surface area (Å²) in [5.41, 5.74) is 5.00. The number of ether oxygens (including phenoxy) is 1. The van der Waals surface area contributed by atoms with Crippen LogP contribution in [-0.2, 0) is 22.7 Å². The standard InChI is InChI=1S/C30H28N4O6/c35-26(11-5-6-12-27(36)37)33-19-21-7-1-2-8-23(21)28-29(24-9-3-4-10-25(24)33)34(32-31-28)17-18-40-22-15-13-20(14-16-22)30(38)39/h1-4,7-10,13-16H,5-6,11-12,17-19H2,(H,36,37)(H,38,39). The minimum Gasteiger partial charge on any atom is -0.492 e. The van der Waals surface area contributed by atoms with Crippen LogP contribution in [0, 0.1) is 0 Å². The fourth-order valence-electron chi connectivity index (χ4n) is 4.83. The van der Waals surface area contributed by atoms with Crippen LogP contribution < -0.4 is 9.64 Å². The van der Waals surface area contributed by atoms with E-state index in [1.54, 1.807) is 21.7 Å². The first-order valence-corrected chi connectivity index (χ1v) is 13.0. The van der Waals surface area contributed by atoms with Crippen molar-refractivity contribution in [2.24, 2.45) is 0 Å². The maximum absolute atomic E-state index is 13.5. The molecule has 1 aliphatic heterocycles. The van der Waals surface area contributed by atoms with Gasteiger partial charge in [0.2, 0.25) is 5.91 Å². The second kappa shape index (κ2) is 11.8. The number of carboxylic acids is 2. The number of aliphatic carboxylic acids is 1. The number of hydrogen-bond donors (Lipinski definition) is 2. The summed E-state index contributed by atoms with van der Waals surface area (Å²) in [6, 6.07) is 21.6. The van der Waals surface area contributed by atoms with Crippen molar-refractivity contribution in [2.75, 3.05) is 11.5 Å². The number of rotatable bonds is 10. The van der Waals surface area contributed by atoms with Gasteiger partial charge >= 0.3 is 11.9 Å². The highest BCUT2D eigenvalue weighted by molar-refractivity contribution is 6.00. The highest BCUT2D eigenvalue weighted by atomic mass is 16.5. The van der Waals surface area contributed by atoms with E-state index >= 15 is 0 Å². The lowest BCUT2D eigenvalue weighted by Crippen LogP contribution is -2.31. The summed E-state index contributed by atoms with van der Waals surface area (Å²) in [6.45, 7) is 0.980. The summed E-state index contributed by atoms with van der Waals surface area (Å²) >= 11 is 0. The van der Waals surface area contributed by atoms with Gasteiger partial charge in [-0.2, -0.15) is 0 Å². The molecule has 5 rings (SSSR count). The van der Waals surface area contributed by atoms with Crippen LogP contribution in [0.15, 0.2) is 72.8 Å². The molecule has 40 heavy (non-hydrogen) atoms. The second-order valence-corrected chi connectivity index (χ2v) is 9.44. The number of carboxylic acid groups (broad SMARTS) is 2. The number of aromatic nitrogens is 3. The van der Waals surface area contributed by atoms with Crippen LogP contribution in [0.5, 0.6) is 5.75 Å². The van der Waals surface area contributed by atoms with Gasteiger partial charge in [-0.05, 0) is 48.7 Å². The van der Waals surface area contributed by atoms with Gasteiger partial charge in [-0.1, -0.05) is 47.7 Å². The maximum atomic E-state index is 13.5. The van der Waals surface area contributed by atoms with Gasteiger partial charge in [0.15, 0.2) is 0 Å². The van der Waals surface area contributed by atoms with Crippen molar-refractivity contribution >= 4 is 23.5 Å². The predicted molar refractivity (Wildman–Crippen MR) is 147 cm³/mol. The molecule has 1 amide bonds. The third-order valence-corrected chi connectivity index (χ3v) is 6.79. The van der Waals surface area contributed by atoms with E-state index in [1.165, 1.54) is 12.1 Å². The maximum Gasteiger partial charge on any atom is 0.335 e. The summed E-state index contributed by atoms with van der Waals surface area (Å²) in [4.78, 5) is 37.3. The first-order chi connectivity index (χ1) is 19.4. The summed E-state index contributed by atoms with van der Waals surface area (Å²) in [5.74, 6) is -1.41. The van der Waals surface area contributed by atoms with Crippen molar-refractivity contribution in [3.8, 4) is 28.3 Å². The van der Waals surface area contributed by atoms with Gasteiger partial charge < -0.3 is 19.8 Å². The molecule has 0 atom stereocenters. The van der Waals surface area contributed by atoms with Crippen molar-refractivity contribution < 1.29 is 29.3 Å². The molecule has 2 heterocycles. The van der Waals surface area contributed by atoms with Crippen LogP contribution in [0.4, 0.5) is 5.69 Å². The normalized spacial score (nSPS) is 11.9. The number of amides is 1. The molecule has 0 spiro atoms. The molecule has 10 heteroatoms. The van der Waals surface area contributed by atoms with E-state index in [-0.39, 0.29) is 30.9 Å². The molecule has 0 unspecified atom stereocenters. The Balaban J connectivity index is 1.46. The van der Waals surface area contributed by atoms with Gasteiger partial charge in [-0.25, -0.2) is 9.48 Å². The highest BCUT2D eigenvalue weighted by Crippen LogP contribution is 2.41. The van der Waals surface area contributed by atoms with Crippen molar-refractivity contribution in [2.45, 2.75) is 38.8 Å². The summed E-state index contributed by atoms with van der Waals surface area (Å²) in [6.07, 6.45) is 1.20. The van der Waals surface area contributed by atoms with Crippen LogP contribution in [0.3, 0.4) is 0 Å². The Morgan fingerprint density at radius 3 is 2.30 bits per heavy atom. The monoisotopic (exact) mass is 540 g/mol. The molecule has 2 N–H and O–H groups in total. The van der Waals surface area contributed by atoms with E-state index in [0.717, 1.165) is 28.1 Å². The van der Waals surface area contributed by atoms with Crippen LogP contribution in [0.1, 0.15) is 41.6 Å². The van der Waals surface area contributed by atoms with Crippen molar-refractivity contribution in [1.82, 2.24) is 15.0 Å². The Hall–Kier alpha value is -4.99. The molecule has 0 radical (unpaired) electrons. The van der Waals surface area contributed by atoms with Crippen LogP contribution in [0.25, 0.3) is 22.5 Å². The first-order valence-electron chi connectivity index (χ1n) is 13.0. The predicted octanol–water partition coefficient (Wildman–Crippen LogP) is 4.88. The quantitative estimate of drug-likeness (QED) is 0.272. The largest absolute Gasteiger partial charge is 0.492 e. The van der Waals surface area contributed by atoms with Crippen molar-refractivity contribution in [1.29, 1.82) is 0 Å². The Bertz CT molecular complexity index is 1550. The Morgan fingerprint density at radius 2 is 1.55 bits per heavy atom. The topological polar surface area (TPSA) is 135 Å². The number of unbranched alkanes of at least 4 members (excludes halogenated alkanes) is 1. The zero-order valence-electron chi connectivity index (χ0n) is 21.7. The van der Waals surface area contributed by atoms with E-state index < -0.39 is 11.9 Å². The molecule has 0 fully saturated rings. The molecule has 4 aromatic rings. The fourth-order valence-corrected chi connectivity index (χ4v) is 4.83. The third kappa shape index (κ3) is 5.70. The molecule has 10 nitrogen and oxygen atoms in total. The second-order valence-electron chi connectivity index (χ2n) is 9.44. The van der Waals surface area contributed by atoms with Gasteiger partial charge in [0.25, 0.3) is 0 Å². The van der Waals surface area contributed by atoms with Crippen LogP contribution >= 0.6 is 0 Å². The Kier molecular flexibility index (Phi) is 7.86. The van der Waals surface area contributed by atoms with Crippen LogP contribution in [0.2, 0.25) is 0 Å². The van der Waals surface area contributed by atoms with Crippen LogP contribution in [-0.4, -0.2) is 49.7 Å². The van der Waals surface area contributed by atoms with E-state index in [1.807, 2.05) is 48.5 Å². The smallest absolute Gasteiger partial charge is 0.335 e. The summed E-state index contributed by atoms with van der Waals surface area (Å²) < 4.78 is 7.62. The van der Waals surface area contributed by atoms with E-state index in [2.05, 4.69) is 10.3 Å². The fraction of sp³-hybridized carbons (Fsp3) is 0.233. The summed E-state index contributed by atoms with van der Waals surface area (Å²) in [7, 11) is 0. The number of fused-ring (bicyclic) bond motifs is 5. The molecule has 1 aromatic heterocycles. The number of carbonyl (C=O) groups excluding carboxylic acids is 1. The zero-order chi connectivity index (χ0) is 28.1. The number of anilines is 1. The van der Waals surface area contributed by atoms with E-state index in [4.69, 9.17) is 14.9 Å². The molecular formula is C30H28N4O6. The van der Waals surface area contributed by atoms with Gasteiger partial charge in [-0.15, -0.1) is 5.10 Å². The summed E-state index contributed by atoms with van der Waals surface area (Å²) in [5, 5.41) is 27.0. The lowest BCUT2D eigenvalue weighted by Gasteiger charge is -2.29. The van der Waals surface area contributed by atoms with Gasteiger partial charge in [0, 0.05) is 24.0 Å². The molecule has 0 saturated heterocycles. The number of nitrogens with zero attached hydrogens (tertiary/aromatic N) is 4. The Labute approximate surface area is 230 Å². The van der Waals surface area contributed by atoms with Gasteiger partial charge in [0.05, 0.1) is 30.0 Å². The number of carbonyl (C=O) groups is 3. The molecule has 0 aliphatic carbocycles. The lowest BCUT2D eigenvalue weighted by atomic mass is 9.95. The molecular weight excluding hydrogens is 512 g/mol. The number of hydrogen-bond acceptors (Lipinski definition) is 6. The van der Waals surface area contributed by atoms with Gasteiger partial charge in [-0.3, -0.25) is 9.59 Å². The molecule has 204 valence electrons. The highest BCUT2D eigenvalue weighted by Gasteiger charge is 2.28. The number of aromatic carboxylic acids is 1. The van der Waals surface area contributed by atoms with Crippen molar-refractivity contribution in [3.63, 3.8) is 0 Å². The Morgan fingerprint density at radius 1 is 0.850 bits per heavy atom. The third-order valence-electron chi connectivity index (χ3n) is 6.79. The lowest BCUT2D eigenvalue weighted by molar-refractivity contribution is -0.137. The SMILES string of the molecule is O=C(O)CCCCC(=O)N1Cc2ccccc2-c2nnn(CCOc3ccc(C(=O)O)cc3)c2-c2ccccc21. The average Bonchev–Trinajstić information content (AvgIpc) is 3.36. The molecule has 3 aromatic carbocycles. The van der Waals surface area contributed by atoms with E-state index in [0.29, 0.717) is 37.4 Å². The number of para-hydroxylation sites is 1. The van der Waals surface area contributed by atoms with E-state index in [9.17, 15) is 14.4 Å². The minimum atomic E-state index is -1.00. The minimum absolute atomic E-state index is 0.0344. The molecule has 0 bridgehead atoms. The number of benzene rings is 3. The van der Waals surface area contributed by atoms with Gasteiger partial charge in [0.1, 0.15) is 18.1 Å². The average molecular weight is 541 g/mol. The van der Waals surface area contributed by atoms with Crippen molar-refractivity contribution in [3.05, 3.63) is 83.9 Å². The molecule has 0 saturated carbocycles. The first kappa shape index (κ1) is 26.6.